The highest BCUT2D eigenvalue weighted by molar-refractivity contribution is 6.33. The molecular formula is C16H17Cl. The van der Waals surface area contributed by atoms with Crippen LogP contribution in [0.4, 0.5) is 0 Å². The first-order valence-electron chi connectivity index (χ1n) is 5.94. The van der Waals surface area contributed by atoms with E-state index in [0.29, 0.717) is 5.92 Å². The van der Waals surface area contributed by atoms with Crippen molar-refractivity contribution >= 4 is 11.6 Å². The molecule has 2 rings (SSSR count). The van der Waals surface area contributed by atoms with Gasteiger partial charge in [-0.05, 0) is 35.6 Å². The lowest BCUT2D eigenvalue weighted by Gasteiger charge is -2.10. The Kier molecular flexibility index (Phi) is 3.54. The molecule has 0 aliphatic heterocycles. The zero-order valence-electron chi connectivity index (χ0n) is 10.5. The number of benzene rings is 2. The monoisotopic (exact) mass is 244 g/mol. The first kappa shape index (κ1) is 12.2. The van der Waals surface area contributed by atoms with Gasteiger partial charge >= 0.3 is 0 Å². The Morgan fingerprint density at radius 3 is 2.41 bits per heavy atom. The van der Waals surface area contributed by atoms with Crippen LogP contribution in [0.15, 0.2) is 42.5 Å². The molecule has 0 heterocycles. The molecule has 0 N–H and O–H groups in total. The van der Waals surface area contributed by atoms with Gasteiger partial charge in [0.05, 0.1) is 0 Å². The minimum atomic E-state index is 0.541. The van der Waals surface area contributed by atoms with Crippen molar-refractivity contribution in [1.29, 1.82) is 0 Å². The fraction of sp³-hybridized carbons (Fsp3) is 0.250. The van der Waals surface area contributed by atoms with Gasteiger partial charge in [0, 0.05) is 10.6 Å². The second kappa shape index (κ2) is 4.93. The number of rotatable bonds is 2. The van der Waals surface area contributed by atoms with E-state index in [1.807, 2.05) is 6.07 Å². The summed E-state index contributed by atoms with van der Waals surface area (Å²) in [6.45, 7) is 6.46. The highest BCUT2D eigenvalue weighted by Crippen LogP contribution is 2.30. The van der Waals surface area contributed by atoms with Gasteiger partial charge in [0.1, 0.15) is 0 Å². The van der Waals surface area contributed by atoms with Crippen LogP contribution < -0.4 is 0 Å². The van der Waals surface area contributed by atoms with Crippen molar-refractivity contribution < 1.29 is 0 Å². The molecule has 0 atom stereocenters. The molecule has 1 heteroatoms. The minimum absolute atomic E-state index is 0.541. The maximum Gasteiger partial charge on any atom is 0.0487 e. The fourth-order valence-electron chi connectivity index (χ4n) is 1.92. The van der Waals surface area contributed by atoms with Gasteiger partial charge in [0.2, 0.25) is 0 Å². The minimum Gasteiger partial charge on any atom is -0.0837 e. The largest absolute Gasteiger partial charge is 0.0837 e. The van der Waals surface area contributed by atoms with Crippen LogP contribution in [0.25, 0.3) is 11.1 Å². The van der Waals surface area contributed by atoms with Gasteiger partial charge in [-0.15, -0.1) is 0 Å². The molecule has 0 saturated carbocycles. The van der Waals surface area contributed by atoms with Gasteiger partial charge in [-0.2, -0.15) is 0 Å². The molecule has 2 aromatic carbocycles. The molecule has 0 amide bonds. The Morgan fingerprint density at radius 1 is 1.00 bits per heavy atom. The predicted molar refractivity (Wildman–Crippen MR) is 75.7 cm³/mol. The molecule has 88 valence electrons. The second-order valence-electron chi connectivity index (χ2n) is 4.76. The van der Waals surface area contributed by atoms with E-state index in [1.54, 1.807) is 0 Å². The maximum absolute atomic E-state index is 6.30. The van der Waals surface area contributed by atoms with Crippen LogP contribution in [0.2, 0.25) is 5.02 Å². The van der Waals surface area contributed by atoms with E-state index in [-0.39, 0.29) is 0 Å². The Bertz CT molecular complexity index is 527. The second-order valence-corrected chi connectivity index (χ2v) is 5.17. The summed E-state index contributed by atoms with van der Waals surface area (Å²) in [6.07, 6.45) is 0. The van der Waals surface area contributed by atoms with Gasteiger partial charge in [0.25, 0.3) is 0 Å². The number of hydrogen-bond acceptors (Lipinski definition) is 0. The normalized spacial score (nSPS) is 10.9. The van der Waals surface area contributed by atoms with Crippen molar-refractivity contribution in [1.82, 2.24) is 0 Å². The summed E-state index contributed by atoms with van der Waals surface area (Å²) in [5.41, 5.74) is 4.85. The van der Waals surface area contributed by atoms with E-state index in [0.717, 1.165) is 10.6 Å². The molecule has 0 saturated heterocycles. The number of hydrogen-bond donors (Lipinski definition) is 0. The third-order valence-electron chi connectivity index (χ3n) is 2.99. The number of aryl methyl sites for hydroxylation is 1. The molecule has 0 aliphatic carbocycles. The van der Waals surface area contributed by atoms with Crippen LogP contribution >= 0.6 is 11.6 Å². The van der Waals surface area contributed by atoms with Crippen LogP contribution in [-0.4, -0.2) is 0 Å². The SMILES string of the molecule is Cc1ccc(-c2cccc(C(C)C)c2)c(Cl)c1. The molecule has 0 fully saturated rings. The third kappa shape index (κ3) is 2.70. The Hall–Kier alpha value is -1.27. The zero-order chi connectivity index (χ0) is 12.4. The van der Waals surface area contributed by atoms with Crippen LogP contribution in [0, 0.1) is 6.92 Å². The third-order valence-corrected chi connectivity index (χ3v) is 3.30. The lowest BCUT2D eigenvalue weighted by Crippen LogP contribution is -1.88. The van der Waals surface area contributed by atoms with Crippen molar-refractivity contribution in [3.05, 3.63) is 58.6 Å². The smallest absolute Gasteiger partial charge is 0.0487 e. The van der Waals surface area contributed by atoms with Crippen LogP contribution in [0.5, 0.6) is 0 Å². The molecule has 0 aromatic heterocycles. The van der Waals surface area contributed by atoms with E-state index in [1.165, 1.54) is 16.7 Å². The lowest BCUT2D eigenvalue weighted by atomic mass is 9.97. The summed E-state index contributed by atoms with van der Waals surface area (Å²) in [4.78, 5) is 0. The van der Waals surface area contributed by atoms with Crippen molar-refractivity contribution in [2.24, 2.45) is 0 Å². The van der Waals surface area contributed by atoms with Gasteiger partial charge in [-0.25, -0.2) is 0 Å². The molecule has 0 nitrogen and oxygen atoms in total. The molecule has 0 aliphatic rings. The molecule has 0 bridgehead atoms. The summed E-state index contributed by atoms with van der Waals surface area (Å²) in [5.74, 6) is 0.541. The summed E-state index contributed by atoms with van der Waals surface area (Å²) in [5, 5.41) is 0.825. The fourth-order valence-corrected chi connectivity index (χ4v) is 2.26. The van der Waals surface area contributed by atoms with Crippen LogP contribution in [0.1, 0.15) is 30.9 Å². The Labute approximate surface area is 108 Å². The maximum atomic E-state index is 6.30. The summed E-state index contributed by atoms with van der Waals surface area (Å²) >= 11 is 6.30. The van der Waals surface area contributed by atoms with Crippen LogP contribution in [-0.2, 0) is 0 Å². The van der Waals surface area contributed by atoms with Crippen molar-refractivity contribution in [3.63, 3.8) is 0 Å². The molecular weight excluding hydrogens is 228 g/mol. The highest BCUT2D eigenvalue weighted by atomic mass is 35.5. The van der Waals surface area contributed by atoms with E-state index >= 15 is 0 Å². The molecule has 0 unspecified atom stereocenters. The van der Waals surface area contributed by atoms with Crippen molar-refractivity contribution in [2.75, 3.05) is 0 Å². The summed E-state index contributed by atoms with van der Waals surface area (Å²) in [7, 11) is 0. The van der Waals surface area contributed by atoms with Gasteiger partial charge in [-0.1, -0.05) is 61.8 Å². The zero-order valence-corrected chi connectivity index (χ0v) is 11.3. The molecule has 0 radical (unpaired) electrons. The summed E-state index contributed by atoms with van der Waals surface area (Å²) in [6, 6.07) is 14.8. The van der Waals surface area contributed by atoms with Gasteiger partial charge in [0.15, 0.2) is 0 Å². The van der Waals surface area contributed by atoms with Gasteiger partial charge < -0.3 is 0 Å². The average molecular weight is 245 g/mol. The lowest BCUT2D eigenvalue weighted by molar-refractivity contribution is 0.867. The van der Waals surface area contributed by atoms with Crippen molar-refractivity contribution in [2.45, 2.75) is 26.7 Å². The van der Waals surface area contributed by atoms with E-state index in [9.17, 15) is 0 Å². The standard InChI is InChI=1S/C16H17Cl/c1-11(2)13-5-4-6-14(10-13)15-8-7-12(3)9-16(15)17/h4-11H,1-3H3. The Balaban J connectivity index is 2.49. The topological polar surface area (TPSA) is 0 Å². The molecule has 17 heavy (non-hydrogen) atoms. The molecule has 0 spiro atoms. The van der Waals surface area contributed by atoms with E-state index in [4.69, 9.17) is 11.6 Å². The van der Waals surface area contributed by atoms with E-state index in [2.05, 4.69) is 57.2 Å². The molecule has 2 aromatic rings. The number of halogens is 1. The first-order valence-corrected chi connectivity index (χ1v) is 6.32. The predicted octanol–water partition coefficient (Wildman–Crippen LogP) is 5.44. The van der Waals surface area contributed by atoms with Crippen molar-refractivity contribution in [3.8, 4) is 11.1 Å². The Morgan fingerprint density at radius 2 is 1.76 bits per heavy atom. The highest BCUT2D eigenvalue weighted by Gasteiger charge is 2.05. The van der Waals surface area contributed by atoms with E-state index < -0.39 is 0 Å². The summed E-state index contributed by atoms with van der Waals surface area (Å²) < 4.78 is 0. The quantitative estimate of drug-likeness (QED) is 0.660. The van der Waals surface area contributed by atoms with Gasteiger partial charge in [-0.3, -0.25) is 0 Å². The average Bonchev–Trinajstić information content (AvgIpc) is 2.29. The van der Waals surface area contributed by atoms with Crippen LogP contribution in [0.3, 0.4) is 0 Å². The first-order chi connectivity index (χ1) is 8.08.